The van der Waals surface area contributed by atoms with Crippen LogP contribution in [0.1, 0.15) is 13.8 Å². The highest BCUT2D eigenvalue weighted by Crippen LogP contribution is 2.10. The van der Waals surface area contributed by atoms with Crippen LogP contribution in [0, 0.1) is 11.8 Å². The SMILES string of the molecule is CC(C)[C@@H](CNC(=O)OCC[Si](C)(C)C)C(=O)O. The van der Waals surface area contributed by atoms with Crippen LogP contribution in [0.25, 0.3) is 0 Å². The van der Waals surface area contributed by atoms with Gasteiger partial charge in [-0.05, 0) is 12.0 Å². The zero-order chi connectivity index (χ0) is 14.3. The number of ether oxygens (including phenoxy) is 1. The first-order valence-electron chi connectivity index (χ1n) is 6.27. The highest BCUT2D eigenvalue weighted by molar-refractivity contribution is 6.76. The molecule has 2 N–H and O–H groups in total. The van der Waals surface area contributed by atoms with E-state index in [2.05, 4.69) is 25.0 Å². The average Bonchev–Trinajstić information content (AvgIpc) is 2.14. The Morgan fingerprint density at radius 3 is 2.22 bits per heavy atom. The van der Waals surface area contributed by atoms with Crippen LogP contribution in [-0.2, 0) is 9.53 Å². The number of amides is 1. The van der Waals surface area contributed by atoms with E-state index in [-0.39, 0.29) is 12.5 Å². The molecule has 1 atom stereocenters. The maximum absolute atomic E-state index is 11.4. The molecule has 0 rings (SSSR count). The fraction of sp³-hybridized carbons (Fsp3) is 0.833. The topological polar surface area (TPSA) is 75.6 Å². The van der Waals surface area contributed by atoms with Gasteiger partial charge in [0.25, 0.3) is 0 Å². The number of nitrogens with one attached hydrogen (secondary N) is 1. The largest absolute Gasteiger partial charge is 0.481 e. The lowest BCUT2D eigenvalue weighted by Gasteiger charge is -2.18. The van der Waals surface area contributed by atoms with E-state index in [1.807, 2.05) is 13.8 Å². The zero-order valence-corrected chi connectivity index (χ0v) is 12.9. The van der Waals surface area contributed by atoms with Crippen LogP contribution in [0.5, 0.6) is 0 Å². The molecule has 106 valence electrons. The fourth-order valence-corrected chi connectivity index (χ4v) is 2.02. The van der Waals surface area contributed by atoms with Gasteiger partial charge in [-0.25, -0.2) is 4.79 Å². The minimum absolute atomic E-state index is 0.0233. The van der Waals surface area contributed by atoms with Crippen LogP contribution in [0.2, 0.25) is 25.7 Å². The summed E-state index contributed by atoms with van der Waals surface area (Å²) in [5.74, 6) is -1.49. The number of aliphatic carboxylic acids is 1. The van der Waals surface area contributed by atoms with Crippen molar-refractivity contribution in [3.05, 3.63) is 0 Å². The van der Waals surface area contributed by atoms with Crippen LogP contribution in [0.3, 0.4) is 0 Å². The normalized spacial score (nSPS) is 13.2. The Bertz CT molecular complexity index is 286. The van der Waals surface area contributed by atoms with Crippen molar-refractivity contribution in [1.29, 1.82) is 0 Å². The molecule has 0 spiro atoms. The van der Waals surface area contributed by atoms with Gasteiger partial charge in [-0.2, -0.15) is 0 Å². The third-order valence-electron chi connectivity index (χ3n) is 2.67. The summed E-state index contributed by atoms with van der Waals surface area (Å²) in [5, 5.41) is 11.5. The minimum Gasteiger partial charge on any atom is -0.481 e. The first-order chi connectivity index (χ1) is 8.13. The second kappa shape index (κ2) is 7.40. The van der Waals surface area contributed by atoms with Crippen molar-refractivity contribution >= 4 is 20.1 Å². The quantitative estimate of drug-likeness (QED) is 0.700. The van der Waals surface area contributed by atoms with E-state index >= 15 is 0 Å². The van der Waals surface area contributed by atoms with Crippen molar-refractivity contribution < 1.29 is 19.4 Å². The monoisotopic (exact) mass is 275 g/mol. The number of alkyl carbamates (subject to hydrolysis) is 1. The standard InChI is InChI=1S/C12H25NO4Si/c1-9(2)10(11(14)15)8-13-12(16)17-6-7-18(3,4)5/h9-10H,6-8H2,1-5H3,(H,13,16)(H,14,15)/t10-/m1/s1. The molecule has 0 aliphatic carbocycles. The lowest BCUT2D eigenvalue weighted by atomic mass is 9.96. The van der Waals surface area contributed by atoms with Gasteiger partial charge in [0.1, 0.15) is 0 Å². The van der Waals surface area contributed by atoms with Gasteiger partial charge in [-0.1, -0.05) is 33.5 Å². The Morgan fingerprint density at radius 1 is 1.28 bits per heavy atom. The number of hydrogen-bond acceptors (Lipinski definition) is 3. The Hall–Kier alpha value is -1.04. The van der Waals surface area contributed by atoms with E-state index in [0.29, 0.717) is 6.61 Å². The Kier molecular flexibility index (Phi) is 6.98. The maximum atomic E-state index is 11.4. The molecule has 18 heavy (non-hydrogen) atoms. The van der Waals surface area contributed by atoms with Crippen LogP contribution >= 0.6 is 0 Å². The van der Waals surface area contributed by atoms with Crippen LogP contribution in [0.4, 0.5) is 4.79 Å². The number of carbonyl (C=O) groups excluding carboxylic acids is 1. The van der Waals surface area contributed by atoms with Crippen molar-refractivity contribution in [1.82, 2.24) is 5.32 Å². The molecule has 0 fully saturated rings. The van der Waals surface area contributed by atoms with E-state index in [0.717, 1.165) is 6.04 Å². The van der Waals surface area contributed by atoms with Gasteiger partial charge in [0.05, 0.1) is 12.5 Å². The highest BCUT2D eigenvalue weighted by atomic mass is 28.3. The van der Waals surface area contributed by atoms with Crippen molar-refractivity contribution in [3.8, 4) is 0 Å². The predicted molar refractivity (Wildman–Crippen MR) is 73.5 cm³/mol. The van der Waals surface area contributed by atoms with Crippen molar-refractivity contribution in [3.63, 3.8) is 0 Å². The molecule has 0 radical (unpaired) electrons. The van der Waals surface area contributed by atoms with Gasteiger partial charge in [-0.3, -0.25) is 4.79 Å². The molecule has 0 heterocycles. The number of hydrogen-bond donors (Lipinski definition) is 2. The molecule has 0 saturated carbocycles. The highest BCUT2D eigenvalue weighted by Gasteiger charge is 2.22. The number of carboxylic acid groups (broad SMARTS) is 1. The summed E-state index contributed by atoms with van der Waals surface area (Å²) < 4.78 is 5.02. The molecule has 0 aliphatic rings. The molecule has 0 aromatic rings. The second-order valence-electron chi connectivity index (χ2n) is 6.02. The third-order valence-corrected chi connectivity index (χ3v) is 4.38. The lowest BCUT2D eigenvalue weighted by Crippen LogP contribution is -2.36. The predicted octanol–water partition coefficient (Wildman–Crippen LogP) is 2.41. The molecular formula is C12H25NO4Si. The van der Waals surface area contributed by atoms with Crippen LogP contribution < -0.4 is 5.32 Å². The summed E-state index contributed by atoms with van der Waals surface area (Å²) >= 11 is 0. The summed E-state index contributed by atoms with van der Waals surface area (Å²) in [6.07, 6.45) is -0.528. The summed E-state index contributed by atoms with van der Waals surface area (Å²) in [7, 11) is -1.20. The first-order valence-corrected chi connectivity index (χ1v) is 9.97. The van der Waals surface area contributed by atoms with E-state index in [4.69, 9.17) is 9.84 Å². The fourth-order valence-electron chi connectivity index (χ4n) is 1.30. The molecule has 5 nitrogen and oxygen atoms in total. The van der Waals surface area contributed by atoms with Gasteiger partial charge < -0.3 is 15.2 Å². The summed E-state index contributed by atoms with van der Waals surface area (Å²) in [6.45, 7) is 10.8. The Balaban J connectivity index is 3.92. The van der Waals surface area contributed by atoms with E-state index in [9.17, 15) is 9.59 Å². The zero-order valence-electron chi connectivity index (χ0n) is 11.9. The lowest BCUT2D eigenvalue weighted by molar-refractivity contribution is -0.142. The van der Waals surface area contributed by atoms with E-state index in [1.165, 1.54) is 0 Å². The second-order valence-corrected chi connectivity index (χ2v) is 11.6. The molecule has 0 bridgehead atoms. The number of carbonyl (C=O) groups is 2. The van der Waals surface area contributed by atoms with Crippen molar-refractivity contribution in [2.75, 3.05) is 13.2 Å². The summed E-state index contributed by atoms with van der Waals surface area (Å²) in [6, 6.07) is 0.910. The van der Waals surface area contributed by atoms with Crippen molar-refractivity contribution in [2.24, 2.45) is 11.8 Å². The van der Waals surface area contributed by atoms with E-state index in [1.54, 1.807) is 0 Å². The summed E-state index contributed by atoms with van der Waals surface area (Å²) in [5.41, 5.74) is 0. The van der Waals surface area contributed by atoms with Gasteiger partial charge in [0, 0.05) is 14.6 Å². The molecular weight excluding hydrogens is 250 g/mol. The smallest absolute Gasteiger partial charge is 0.407 e. The molecule has 0 aliphatic heterocycles. The van der Waals surface area contributed by atoms with Gasteiger partial charge >= 0.3 is 12.1 Å². The van der Waals surface area contributed by atoms with Gasteiger partial charge in [0.2, 0.25) is 0 Å². The average molecular weight is 275 g/mol. The molecule has 0 unspecified atom stereocenters. The van der Waals surface area contributed by atoms with Crippen LogP contribution in [0.15, 0.2) is 0 Å². The van der Waals surface area contributed by atoms with Gasteiger partial charge in [0.15, 0.2) is 0 Å². The third kappa shape index (κ3) is 8.11. The molecule has 1 amide bonds. The van der Waals surface area contributed by atoms with Crippen LogP contribution in [-0.4, -0.2) is 38.4 Å². The molecule has 6 heteroatoms. The molecule has 0 aromatic heterocycles. The number of rotatable bonds is 7. The van der Waals surface area contributed by atoms with Gasteiger partial charge in [-0.15, -0.1) is 0 Å². The number of carboxylic acids is 1. The van der Waals surface area contributed by atoms with E-state index < -0.39 is 26.1 Å². The Morgan fingerprint density at radius 2 is 1.83 bits per heavy atom. The Labute approximate surface area is 110 Å². The first kappa shape index (κ1) is 17.0. The molecule has 0 aromatic carbocycles. The minimum atomic E-state index is -1.20. The molecule has 0 saturated heterocycles. The summed E-state index contributed by atoms with van der Waals surface area (Å²) in [4.78, 5) is 22.3. The maximum Gasteiger partial charge on any atom is 0.407 e. The van der Waals surface area contributed by atoms with Crippen molar-refractivity contribution in [2.45, 2.75) is 39.5 Å².